The standard InChI is InChI=1S/C17H17N3O3/c21-13(9-5-6-9)8-19-14-15(17(23)16(14)22)20-12-7-18-11-4-2-1-3-10(11)12/h1-4,7,9,13,18-21H,5-6,8H2/t13-/m0/s1. The first kappa shape index (κ1) is 14.0. The minimum Gasteiger partial charge on any atom is -0.391 e. The molecule has 0 saturated heterocycles. The van der Waals surface area contributed by atoms with Gasteiger partial charge in [0.2, 0.25) is 0 Å². The topological polar surface area (TPSA) is 94.2 Å². The predicted octanol–water partition coefficient (Wildman–Crippen LogP) is 1.69. The van der Waals surface area contributed by atoms with E-state index in [1.807, 2.05) is 24.3 Å². The van der Waals surface area contributed by atoms with Crippen LogP contribution in [0.25, 0.3) is 10.9 Å². The highest BCUT2D eigenvalue weighted by Gasteiger charge is 2.30. The molecule has 118 valence electrons. The van der Waals surface area contributed by atoms with Crippen LogP contribution in [0.4, 0.5) is 17.1 Å². The fourth-order valence-corrected chi connectivity index (χ4v) is 2.84. The number of para-hydroxylation sites is 1. The number of H-pyrrole nitrogens is 1. The normalized spacial score (nSPS) is 15.9. The SMILES string of the molecule is O=c1c(NC[C@H](O)C2CC2)c(Nc2c[nH]c3ccccc23)c1=O. The molecule has 0 spiro atoms. The Kier molecular flexibility index (Phi) is 3.20. The maximum atomic E-state index is 11.8. The third kappa shape index (κ3) is 2.41. The molecule has 1 fully saturated rings. The third-order valence-corrected chi connectivity index (χ3v) is 4.41. The van der Waals surface area contributed by atoms with Crippen molar-refractivity contribution in [3.05, 3.63) is 50.9 Å². The van der Waals surface area contributed by atoms with Gasteiger partial charge in [0, 0.05) is 23.6 Å². The van der Waals surface area contributed by atoms with E-state index in [2.05, 4.69) is 15.6 Å². The highest BCUT2D eigenvalue weighted by Crippen LogP contribution is 2.33. The number of anilines is 3. The largest absolute Gasteiger partial charge is 0.391 e. The lowest BCUT2D eigenvalue weighted by Gasteiger charge is -2.16. The van der Waals surface area contributed by atoms with E-state index < -0.39 is 17.0 Å². The first-order valence-corrected chi connectivity index (χ1v) is 7.73. The van der Waals surface area contributed by atoms with Crippen molar-refractivity contribution in [3.8, 4) is 0 Å². The van der Waals surface area contributed by atoms with Gasteiger partial charge in [-0.25, -0.2) is 0 Å². The van der Waals surface area contributed by atoms with Gasteiger partial charge < -0.3 is 20.7 Å². The molecular formula is C17H17N3O3. The van der Waals surface area contributed by atoms with Gasteiger partial charge in [-0.2, -0.15) is 0 Å². The number of aliphatic hydroxyl groups is 1. The highest BCUT2D eigenvalue weighted by atomic mass is 16.3. The number of aliphatic hydroxyl groups excluding tert-OH is 1. The van der Waals surface area contributed by atoms with Crippen molar-refractivity contribution in [1.82, 2.24) is 4.98 Å². The minimum absolute atomic E-state index is 0.264. The number of benzene rings is 1. The summed E-state index contributed by atoms with van der Waals surface area (Å²) < 4.78 is 0. The molecule has 0 bridgehead atoms. The van der Waals surface area contributed by atoms with E-state index in [0.717, 1.165) is 29.4 Å². The second-order valence-electron chi connectivity index (χ2n) is 6.07. The Morgan fingerprint density at radius 2 is 1.91 bits per heavy atom. The fraction of sp³-hybridized carbons (Fsp3) is 0.294. The van der Waals surface area contributed by atoms with Crippen LogP contribution in [-0.4, -0.2) is 22.7 Å². The van der Waals surface area contributed by atoms with Gasteiger partial charge >= 0.3 is 0 Å². The molecule has 6 heteroatoms. The van der Waals surface area contributed by atoms with Crippen LogP contribution in [0.2, 0.25) is 0 Å². The van der Waals surface area contributed by atoms with Crippen LogP contribution in [0, 0.1) is 5.92 Å². The molecule has 6 nitrogen and oxygen atoms in total. The summed E-state index contributed by atoms with van der Waals surface area (Å²) in [6.45, 7) is 0.290. The van der Waals surface area contributed by atoms with E-state index >= 15 is 0 Å². The van der Waals surface area contributed by atoms with Crippen LogP contribution in [0.3, 0.4) is 0 Å². The van der Waals surface area contributed by atoms with Crippen molar-refractivity contribution >= 4 is 28.0 Å². The van der Waals surface area contributed by atoms with Crippen molar-refractivity contribution < 1.29 is 5.11 Å². The van der Waals surface area contributed by atoms with Gasteiger partial charge in [-0.1, -0.05) is 18.2 Å². The fourth-order valence-electron chi connectivity index (χ4n) is 2.84. The molecule has 0 amide bonds. The molecule has 0 unspecified atom stereocenters. The van der Waals surface area contributed by atoms with Gasteiger partial charge in [-0.05, 0) is 24.8 Å². The molecule has 1 saturated carbocycles. The number of rotatable bonds is 6. The molecule has 2 aromatic carbocycles. The third-order valence-electron chi connectivity index (χ3n) is 4.41. The van der Waals surface area contributed by atoms with E-state index in [9.17, 15) is 14.7 Å². The Morgan fingerprint density at radius 1 is 1.17 bits per heavy atom. The zero-order valence-electron chi connectivity index (χ0n) is 12.4. The monoisotopic (exact) mass is 311 g/mol. The van der Waals surface area contributed by atoms with E-state index in [4.69, 9.17) is 0 Å². The maximum Gasteiger partial charge on any atom is 0.253 e. The first-order chi connectivity index (χ1) is 11.1. The summed E-state index contributed by atoms with van der Waals surface area (Å²) in [6.07, 6.45) is 3.34. The Hall–Kier alpha value is -2.60. The van der Waals surface area contributed by atoms with Gasteiger partial charge in [0.1, 0.15) is 11.4 Å². The van der Waals surface area contributed by atoms with Crippen molar-refractivity contribution in [3.63, 3.8) is 0 Å². The quantitative estimate of drug-likeness (QED) is 0.520. The summed E-state index contributed by atoms with van der Waals surface area (Å²) in [5.74, 6) is 0.319. The lowest BCUT2D eigenvalue weighted by molar-refractivity contribution is 0.164. The number of hydrogen-bond donors (Lipinski definition) is 4. The van der Waals surface area contributed by atoms with Crippen LogP contribution in [-0.2, 0) is 0 Å². The summed E-state index contributed by atoms with van der Waals surface area (Å²) in [5, 5.41) is 16.8. The lowest BCUT2D eigenvalue weighted by Crippen LogP contribution is -2.38. The molecule has 23 heavy (non-hydrogen) atoms. The summed E-state index contributed by atoms with van der Waals surface area (Å²) in [5.41, 5.74) is 1.17. The molecule has 4 N–H and O–H groups in total. The molecule has 0 radical (unpaired) electrons. The van der Waals surface area contributed by atoms with Crippen LogP contribution in [0.15, 0.2) is 40.1 Å². The molecule has 1 aliphatic carbocycles. The maximum absolute atomic E-state index is 11.8. The zero-order chi connectivity index (χ0) is 16.0. The first-order valence-electron chi connectivity index (χ1n) is 7.73. The Labute approximate surface area is 131 Å². The van der Waals surface area contributed by atoms with E-state index in [0.29, 0.717) is 5.92 Å². The summed E-state index contributed by atoms with van der Waals surface area (Å²) in [7, 11) is 0. The molecule has 1 aliphatic rings. The van der Waals surface area contributed by atoms with Crippen molar-refractivity contribution in [2.45, 2.75) is 18.9 Å². The molecule has 1 heterocycles. The van der Waals surface area contributed by atoms with Crippen LogP contribution in [0.5, 0.6) is 0 Å². The summed E-state index contributed by atoms with van der Waals surface area (Å²) >= 11 is 0. The van der Waals surface area contributed by atoms with Gasteiger partial charge in [0.15, 0.2) is 0 Å². The summed E-state index contributed by atoms with van der Waals surface area (Å²) in [6, 6.07) is 7.71. The molecule has 4 rings (SSSR count). The van der Waals surface area contributed by atoms with Crippen molar-refractivity contribution in [1.29, 1.82) is 0 Å². The molecule has 1 aromatic heterocycles. The highest BCUT2D eigenvalue weighted by molar-refractivity contribution is 5.95. The van der Waals surface area contributed by atoms with Gasteiger partial charge in [-0.15, -0.1) is 0 Å². The predicted molar refractivity (Wildman–Crippen MR) is 90.2 cm³/mol. The average Bonchev–Trinajstić information content (AvgIpc) is 3.35. The van der Waals surface area contributed by atoms with Gasteiger partial charge in [-0.3, -0.25) is 9.59 Å². The van der Waals surface area contributed by atoms with Crippen molar-refractivity contribution in [2.24, 2.45) is 5.92 Å². The Morgan fingerprint density at radius 3 is 2.70 bits per heavy atom. The van der Waals surface area contributed by atoms with Gasteiger partial charge in [0.05, 0.1) is 11.8 Å². The second kappa shape index (κ2) is 5.24. The van der Waals surface area contributed by atoms with E-state index in [1.54, 1.807) is 6.20 Å². The van der Waals surface area contributed by atoms with E-state index in [1.165, 1.54) is 0 Å². The molecule has 0 aliphatic heterocycles. The molecular weight excluding hydrogens is 294 g/mol. The summed E-state index contributed by atoms with van der Waals surface area (Å²) in [4.78, 5) is 26.7. The Balaban J connectivity index is 1.56. The lowest BCUT2D eigenvalue weighted by atomic mass is 10.1. The van der Waals surface area contributed by atoms with Crippen molar-refractivity contribution in [2.75, 3.05) is 17.2 Å². The van der Waals surface area contributed by atoms with Crippen LogP contribution < -0.4 is 21.5 Å². The minimum atomic E-state index is -0.532. The van der Waals surface area contributed by atoms with Gasteiger partial charge in [0.25, 0.3) is 10.9 Å². The average molecular weight is 311 g/mol. The number of hydrogen-bond acceptors (Lipinski definition) is 5. The molecule has 3 aromatic rings. The smallest absolute Gasteiger partial charge is 0.253 e. The van der Waals surface area contributed by atoms with Crippen LogP contribution >= 0.6 is 0 Å². The Bertz CT molecular complexity index is 932. The number of nitrogens with one attached hydrogen (secondary N) is 3. The molecule has 1 atom stereocenters. The van der Waals surface area contributed by atoms with E-state index in [-0.39, 0.29) is 17.9 Å². The second-order valence-corrected chi connectivity index (χ2v) is 6.07. The van der Waals surface area contributed by atoms with Crippen LogP contribution in [0.1, 0.15) is 12.8 Å². The number of aromatic nitrogens is 1. The number of fused-ring (bicyclic) bond motifs is 1. The zero-order valence-corrected chi connectivity index (χ0v) is 12.4. The number of aromatic amines is 1.